The van der Waals surface area contributed by atoms with E-state index >= 15 is 0 Å². The van der Waals surface area contributed by atoms with Gasteiger partial charge in [0.2, 0.25) is 0 Å². The van der Waals surface area contributed by atoms with Crippen LogP contribution >= 0.6 is 11.3 Å². The normalized spacial score (nSPS) is 12.3. The molecule has 0 radical (unpaired) electrons. The van der Waals surface area contributed by atoms with Crippen LogP contribution in [0.15, 0.2) is 35.7 Å². The zero-order valence-electron chi connectivity index (χ0n) is 11.6. The number of benzene rings is 1. The molecule has 106 valence electrons. The van der Waals surface area contributed by atoms with Crippen molar-refractivity contribution in [1.82, 2.24) is 5.32 Å². The quantitative estimate of drug-likeness (QED) is 0.649. The average Bonchev–Trinajstić information content (AvgIpc) is 2.85. The van der Waals surface area contributed by atoms with Gasteiger partial charge in [0.15, 0.2) is 0 Å². The number of nitrogens with zero attached hydrogens (tertiary/aromatic N) is 1. The van der Waals surface area contributed by atoms with Gasteiger partial charge in [-0.15, -0.1) is 11.3 Å². The lowest BCUT2D eigenvalue weighted by Crippen LogP contribution is -2.23. The van der Waals surface area contributed by atoms with Gasteiger partial charge in [0.1, 0.15) is 0 Å². The predicted octanol–water partition coefficient (Wildman–Crippen LogP) is 3.86. The van der Waals surface area contributed by atoms with Gasteiger partial charge in [0.25, 0.3) is 5.69 Å². The molecule has 4 nitrogen and oxygen atoms in total. The van der Waals surface area contributed by atoms with Crippen molar-refractivity contribution in [2.75, 3.05) is 6.54 Å². The van der Waals surface area contributed by atoms with Gasteiger partial charge in [-0.2, -0.15) is 0 Å². The summed E-state index contributed by atoms with van der Waals surface area (Å²) in [5.41, 5.74) is 2.21. The first kappa shape index (κ1) is 14.7. The topological polar surface area (TPSA) is 55.2 Å². The Morgan fingerprint density at radius 2 is 2.10 bits per heavy atom. The lowest BCUT2D eigenvalue weighted by molar-refractivity contribution is -0.385. The number of para-hydroxylation sites is 1. The van der Waals surface area contributed by atoms with E-state index in [9.17, 15) is 10.1 Å². The Hall–Kier alpha value is -1.72. The van der Waals surface area contributed by atoms with E-state index in [-0.39, 0.29) is 16.7 Å². The number of hydrogen-bond donors (Lipinski definition) is 1. The summed E-state index contributed by atoms with van der Waals surface area (Å²) in [4.78, 5) is 12.1. The summed E-state index contributed by atoms with van der Waals surface area (Å²) in [6, 6.07) is 9.18. The van der Waals surface area contributed by atoms with Crippen molar-refractivity contribution < 1.29 is 4.92 Å². The van der Waals surface area contributed by atoms with E-state index in [1.807, 2.05) is 12.1 Å². The second-order valence-corrected chi connectivity index (χ2v) is 5.62. The smallest absolute Gasteiger partial charge is 0.272 e. The highest BCUT2D eigenvalue weighted by atomic mass is 32.1. The number of likely N-dealkylation sites (N-methyl/N-ethyl adjacent to an activating group) is 1. The molecule has 1 aromatic carbocycles. The maximum Gasteiger partial charge on any atom is 0.272 e. The van der Waals surface area contributed by atoms with Crippen molar-refractivity contribution in [2.45, 2.75) is 26.3 Å². The van der Waals surface area contributed by atoms with Crippen molar-refractivity contribution in [3.63, 3.8) is 0 Å². The van der Waals surface area contributed by atoms with Crippen LogP contribution in [0, 0.1) is 17.0 Å². The first-order chi connectivity index (χ1) is 9.63. The number of aryl methyl sites for hydroxylation is 1. The highest BCUT2D eigenvalue weighted by Crippen LogP contribution is 2.29. The van der Waals surface area contributed by atoms with E-state index in [0.29, 0.717) is 6.42 Å². The maximum atomic E-state index is 11.1. The Bertz CT molecular complexity index is 595. The van der Waals surface area contributed by atoms with Crippen molar-refractivity contribution in [3.8, 4) is 0 Å². The molecule has 0 saturated heterocycles. The number of nitrogens with one attached hydrogen (secondary N) is 1. The molecule has 0 bridgehead atoms. The van der Waals surface area contributed by atoms with E-state index in [1.165, 1.54) is 10.4 Å². The summed E-state index contributed by atoms with van der Waals surface area (Å²) in [5.74, 6) is 0. The Labute approximate surface area is 122 Å². The molecule has 2 aromatic rings. The minimum Gasteiger partial charge on any atom is -0.309 e. The van der Waals surface area contributed by atoms with Crippen LogP contribution in [0.2, 0.25) is 0 Å². The SMILES string of the molecule is CCNC(Cc1ccccc1[N+](=O)[O-])c1sccc1C. The second-order valence-electron chi connectivity index (χ2n) is 4.67. The van der Waals surface area contributed by atoms with Crippen LogP contribution in [0.25, 0.3) is 0 Å². The molecule has 0 fully saturated rings. The van der Waals surface area contributed by atoms with Crippen LogP contribution in [0.4, 0.5) is 5.69 Å². The van der Waals surface area contributed by atoms with Gasteiger partial charge < -0.3 is 5.32 Å². The van der Waals surface area contributed by atoms with Crippen molar-refractivity contribution in [1.29, 1.82) is 0 Å². The summed E-state index contributed by atoms with van der Waals surface area (Å²) < 4.78 is 0. The van der Waals surface area contributed by atoms with Crippen molar-refractivity contribution >= 4 is 17.0 Å². The van der Waals surface area contributed by atoms with E-state index in [1.54, 1.807) is 23.5 Å². The number of nitro benzene ring substituents is 1. The molecule has 1 N–H and O–H groups in total. The molecular weight excluding hydrogens is 272 g/mol. The fourth-order valence-corrected chi connectivity index (χ4v) is 3.33. The van der Waals surface area contributed by atoms with Crippen LogP contribution in [-0.4, -0.2) is 11.5 Å². The lowest BCUT2D eigenvalue weighted by atomic mass is 10.0. The Balaban J connectivity index is 2.30. The molecule has 20 heavy (non-hydrogen) atoms. The first-order valence-electron chi connectivity index (χ1n) is 6.63. The highest BCUT2D eigenvalue weighted by Gasteiger charge is 2.20. The minimum atomic E-state index is -0.306. The molecule has 1 unspecified atom stereocenters. The molecule has 5 heteroatoms. The molecule has 0 spiro atoms. The van der Waals surface area contributed by atoms with E-state index in [2.05, 4.69) is 30.6 Å². The van der Waals surface area contributed by atoms with Crippen LogP contribution in [0.5, 0.6) is 0 Å². The molecule has 0 amide bonds. The first-order valence-corrected chi connectivity index (χ1v) is 7.51. The van der Waals surface area contributed by atoms with Gasteiger partial charge in [-0.1, -0.05) is 25.1 Å². The van der Waals surface area contributed by atoms with Crippen LogP contribution in [0.3, 0.4) is 0 Å². The van der Waals surface area contributed by atoms with Gasteiger partial charge in [-0.05, 0) is 36.9 Å². The number of nitro groups is 1. The zero-order valence-corrected chi connectivity index (χ0v) is 12.4. The largest absolute Gasteiger partial charge is 0.309 e. The third kappa shape index (κ3) is 3.23. The average molecular weight is 290 g/mol. The van der Waals surface area contributed by atoms with E-state index in [4.69, 9.17) is 0 Å². The van der Waals surface area contributed by atoms with Gasteiger partial charge in [0, 0.05) is 22.5 Å². The molecule has 0 aliphatic carbocycles. The third-order valence-electron chi connectivity index (χ3n) is 3.28. The van der Waals surface area contributed by atoms with E-state index in [0.717, 1.165) is 12.1 Å². The van der Waals surface area contributed by atoms with Gasteiger partial charge in [0.05, 0.1) is 4.92 Å². The van der Waals surface area contributed by atoms with Crippen molar-refractivity contribution in [3.05, 3.63) is 61.8 Å². The van der Waals surface area contributed by atoms with Gasteiger partial charge >= 0.3 is 0 Å². The number of rotatable bonds is 6. The van der Waals surface area contributed by atoms with Crippen LogP contribution in [-0.2, 0) is 6.42 Å². The fourth-order valence-electron chi connectivity index (χ4n) is 2.33. The molecule has 1 atom stereocenters. The lowest BCUT2D eigenvalue weighted by Gasteiger charge is -2.17. The standard InChI is InChI=1S/C15H18N2O2S/c1-3-16-13(15-11(2)8-9-20-15)10-12-6-4-5-7-14(12)17(18)19/h4-9,13,16H,3,10H2,1-2H3. The predicted molar refractivity (Wildman–Crippen MR) is 82.3 cm³/mol. The second kappa shape index (κ2) is 6.63. The summed E-state index contributed by atoms with van der Waals surface area (Å²) in [5, 5.41) is 16.6. The zero-order chi connectivity index (χ0) is 14.5. The monoisotopic (exact) mass is 290 g/mol. The van der Waals surface area contributed by atoms with Crippen molar-refractivity contribution in [2.24, 2.45) is 0 Å². The Kier molecular flexibility index (Phi) is 4.87. The van der Waals surface area contributed by atoms with Gasteiger partial charge in [-0.3, -0.25) is 10.1 Å². The van der Waals surface area contributed by atoms with Crippen LogP contribution in [0.1, 0.15) is 29.0 Å². The molecular formula is C15H18N2O2S. The molecule has 2 rings (SSSR count). The Morgan fingerprint density at radius 1 is 1.35 bits per heavy atom. The summed E-state index contributed by atoms with van der Waals surface area (Å²) in [7, 11) is 0. The van der Waals surface area contributed by atoms with Gasteiger partial charge in [-0.25, -0.2) is 0 Å². The molecule has 0 saturated carbocycles. The molecule has 0 aliphatic rings. The van der Waals surface area contributed by atoms with E-state index < -0.39 is 0 Å². The summed E-state index contributed by atoms with van der Waals surface area (Å²) >= 11 is 1.70. The molecule has 1 heterocycles. The molecule has 1 aromatic heterocycles. The Morgan fingerprint density at radius 3 is 2.70 bits per heavy atom. The summed E-state index contributed by atoms with van der Waals surface area (Å²) in [6.45, 7) is 4.97. The maximum absolute atomic E-state index is 11.1. The third-order valence-corrected chi connectivity index (χ3v) is 4.41. The number of hydrogen-bond acceptors (Lipinski definition) is 4. The van der Waals surface area contributed by atoms with Crippen LogP contribution < -0.4 is 5.32 Å². The highest BCUT2D eigenvalue weighted by molar-refractivity contribution is 7.10. The minimum absolute atomic E-state index is 0.126. The molecule has 0 aliphatic heterocycles. The number of thiophene rings is 1. The summed E-state index contributed by atoms with van der Waals surface area (Å²) in [6.07, 6.45) is 0.631. The fraction of sp³-hybridized carbons (Fsp3) is 0.333.